The Hall–Kier alpha value is -3.57. The number of H-pyrrole nitrogens is 1. The van der Waals surface area contributed by atoms with Gasteiger partial charge in [0.05, 0.1) is 12.0 Å². The number of aromatic amines is 1. The van der Waals surface area contributed by atoms with Crippen LogP contribution in [0.1, 0.15) is 74.6 Å². The van der Waals surface area contributed by atoms with Crippen molar-refractivity contribution in [3.05, 3.63) is 41.1 Å². The van der Waals surface area contributed by atoms with Gasteiger partial charge in [-0.2, -0.15) is 18.3 Å². The molecule has 0 bridgehead atoms. The first-order valence-corrected chi connectivity index (χ1v) is 12.8. The van der Waals surface area contributed by atoms with E-state index < -0.39 is 30.2 Å². The van der Waals surface area contributed by atoms with Crippen molar-refractivity contribution in [2.24, 2.45) is 0 Å². The molecule has 1 saturated heterocycles. The molecule has 2 atom stereocenters. The number of nitrogens with one attached hydrogen (secondary N) is 3. The minimum absolute atomic E-state index is 0.0557. The molecule has 3 amide bonds. The second-order valence-corrected chi connectivity index (χ2v) is 10.6. The van der Waals surface area contributed by atoms with Crippen LogP contribution in [0.25, 0.3) is 0 Å². The number of ether oxygens (including phenoxy) is 1. The van der Waals surface area contributed by atoms with Crippen molar-refractivity contribution in [3.8, 4) is 0 Å². The fraction of sp³-hybridized carbons (Fsp3) is 0.538. The monoisotopic (exact) mass is 533 g/mol. The summed E-state index contributed by atoms with van der Waals surface area (Å²) in [5.74, 6) is -0.591. The van der Waals surface area contributed by atoms with Gasteiger partial charge >= 0.3 is 12.3 Å². The Balaban J connectivity index is 1.18. The predicted octanol–water partition coefficient (Wildman–Crippen LogP) is 4.65. The van der Waals surface area contributed by atoms with E-state index in [9.17, 15) is 27.6 Å². The Bertz CT molecular complexity index is 1240. The van der Waals surface area contributed by atoms with Crippen LogP contribution in [0.15, 0.2) is 24.3 Å². The van der Waals surface area contributed by atoms with Crippen molar-refractivity contribution in [2.45, 2.75) is 82.0 Å². The summed E-state index contributed by atoms with van der Waals surface area (Å²) in [5, 5.41) is 12.4. The average Bonchev–Trinajstić information content (AvgIpc) is 3.24. The van der Waals surface area contributed by atoms with Gasteiger partial charge in [-0.05, 0) is 63.1 Å². The summed E-state index contributed by atoms with van der Waals surface area (Å²) >= 11 is 0. The molecule has 3 aliphatic rings. The maximum Gasteiger partial charge on any atom is 0.416 e. The van der Waals surface area contributed by atoms with E-state index in [-0.39, 0.29) is 40.5 Å². The molecule has 1 aromatic carbocycles. The van der Waals surface area contributed by atoms with Gasteiger partial charge in [0.15, 0.2) is 5.82 Å². The first kappa shape index (κ1) is 26.1. The zero-order valence-corrected chi connectivity index (χ0v) is 21.0. The number of halogens is 3. The standard InChI is InChI=1S/C26H30F3N5O4/c1-25(8-9-25)31-24(37)38-18-7-5-16(11-18)20-14-21(33-32-20)30-22(35)12-15-4-6-17(13-19(15)26(27,28)29)34-10-2-3-23(34)36/h4,6,13-14,16,18H,2-3,5,7-12H2,1H3,(H,31,37)(H2,30,32,33,35)/t16-,18-/m0/s1. The largest absolute Gasteiger partial charge is 0.446 e. The molecule has 2 heterocycles. The zero-order chi connectivity index (χ0) is 27.1. The number of alkyl carbamates (subject to hydrolysis) is 1. The molecule has 2 saturated carbocycles. The fourth-order valence-corrected chi connectivity index (χ4v) is 5.11. The highest BCUT2D eigenvalue weighted by Crippen LogP contribution is 2.38. The molecule has 2 aliphatic carbocycles. The fourth-order valence-electron chi connectivity index (χ4n) is 5.11. The second-order valence-electron chi connectivity index (χ2n) is 10.6. The highest BCUT2D eigenvalue weighted by molar-refractivity contribution is 5.96. The zero-order valence-electron chi connectivity index (χ0n) is 21.0. The summed E-state index contributed by atoms with van der Waals surface area (Å²) in [6.45, 7) is 2.35. The lowest BCUT2D eigenvalue weighted by Crippen LogP contribution is -2.36. The number of nitrogens with zero attached hydrogens (tertiary/aromatic N) is 2. The van der Waals surface area contributed by atoms with Crippen LogP contribution in [0.2, 0.25) is 0 Å². The first-order chi connectivity index (χ1) is 18.0. The molecule has 3 fully saturated rings. The van der Waals surface area contributed by atoms with Gasteiger partial charge in [-0.25, -0.2) is 4.79 Å². The van der Waals surface area contributed by atoms with E-state index in [1.807, 2.05) is 6.92 Å². The molecule has 38 heavy (non-hydrogen) atoms. The quantitative estimate of drug-likeness (QED) is 0.479. The maximum absolute atomic E-state index is 13.8. The Morgan fingerprint density at radius 1 is 1.24 bits per heavy atom. The number of benzene rings is 1. The minimum atomic E-state index is -4.68. The molecule has 1 aliphatic heterocycles. The molecule has 5 rings (SSSR count). The van der Waals surface area contributed by atoms with Crippen LogP contribution in [0.5, 0.6) is 0 Å². The summed E-state index contributed by atoms with van der Waals surface area (Å²) < 4.78 is 46.9. The lowest BCUT2D eigenvalue weighted by molar-refractivity contribution is -0.138. The molecule has 1 aromatic heterocycles. The number of carbonyl (C=O) groups is 3. The van der Waals surface area contributed by atoms with Crippen molar-refractivity contribution in [2.75, 3.05) is 16.8 Å². The highest BCUT2D eigenvalue weighted by Gasteiger charge is 2.40. The summed E-state index contributed by atoms with van der Waals surface area (Å²) in [5.41, 5.74) is -0.336. The maximum atomic E-state index is 13.8. The SMILES string of the molecule is CC1(NC(=O)O[C@H]2CC[C@H](c3cc(NC(=O)Cc4ccc(N5CCCC5=O)cc4C(F)(F)F)n[nH]3)C2)CC1. The number of aromatic nitrogens is 2. The number of hydrogen-bond donors (Lipinski definition) is 3. The Kier molecular flexibility index (Phi) is 6.83. The van der Waals surface area contributed by atoms with Crippen molar-refractivity contribution in [1.82, 2.24) is 15.5 Å². The highest BCUT2D eigenvalue weighted by atomic mass is 19.4. The molecule has 0 unspecified atom stereocenters. The normalized spacial score (nSPS) is 22.4. The molecule has 12 heteroatoms. The van der Waals surface area contributed by atoms with Gasteiger partial charge in [0.1, 0.15) is 6.10 Å². The van der Waals surface area contributed by atoms with Crippen molar-refractivity contribution < 1.29 is 32.3 Å². The second kappa shape index (κ2) is 9.95. The minimum Gasteiger partial charge on any atom is -0.446 e. The molecule has 0 radical (unpaired) electrons. The van der Waals surface area contributed by atoms with E-state index in [4.69, 9.17) is 4.74 Å². The van der Waals surface area contributed by atoms with Crippen molar-refractivity contribution in [1.29, 1.82) is 0 Å². The lowest BCUT2D eigenvalue weighted by atomic mass is 10.0. The molecule has 9 nitrogen and oxygen atoms in total. The lowest BCUT2D eigenvalue weighted by Gasteiger charge is -2.19. The van der Waals surface area contributed by atoms with E-state index in [0.717, 1.165) is 31.0 Å². The predicted molar refractivity (Wildman–Crippen MR) is 132 cm³/mol. The first-order valence-electron chi connectivity index (χ1n) is 12.8. The third-order valence-electron chi connectivity index (χ3n) is 7.50. The van der Waals surface area contributed by atoms with Crippen LogP contribution < -0.4 is 15.5 Å². The van der Waals surface area contributed by atoms with Crippen LogP contribution in [0, 0.1) is 0 Å². The van der Waals surface area contributed by atoms with E-state index in [2.05, 4.69) is 20.8 Å². The Labute approximate surface area is 217 Å². The van der Waals surface area contributed by atoms with E-state index in [1.165, 1.54) is 17.0 Å². The molecular formula is C26H30F3N5O4. The summed E-state index contributed by atoms with van der Waals surface area (Å²) in [6, 6.07) is 5.28. The molecular weight excluding hydrogens is 503 g/mol. The number of rotatable bonds is 7. The molecule has 0 spiro atoms. The van der Waals surface area contributed by atoms with Crippen LogP contribution in [0.3, 0.4) is 0 Å². The number of amides is 3. The van der Waals surface area contributed by atoms with Gasteiger partial charge in [0, 0.05) is 41.9 Å². The summed E-state index contributed by atoms with van der Waals surface area (Å²) in [4.78, 5) is 38.0. The average molecular weight is 534 g/mol. The number of carbonyl (C=O) groups excluding carboxylic acids is 3. The van der Waals surface area contributed by atoms with E-state index >= 15 is 0 Å². The van der Waals surface area contributed by atoms with Gasteiger partial charge in [0.2, 0.25) is 11.8 Å². The van der Waals surface area contributed by atoms with E-state index in [0.29, 0.717) is 32.2 Å². The van der Waals surface area contributed by atoms with Crippen LogP contribution in [0.4, 0.5) is 29.5 Å². The van der Waals surface area contributed by atoms with Crippen molar-refractivity contribution in [3.63, 3.8) is 0 Å². The number of alkyl halides is 3. The van der Waals surface area contributed by atoms with Crippen molar-refractivity contribution >= 4 is 29.4 Å². The Morgan fingerprint density at radius 2 is 2.03 bits per heavy atom. The smallest absolute Gasteiger partial charge is 0.416 e. The van der Waals surface area contributed by atoms with Crippen LogP contribution in [-0.4, -0.2) is 46.3 Å². The summed E-state index contributed by atoms with van der Waals surface area (Å²) in [6.07, 6.45) is -0.933. The van der Waals surface area contributed by atoms with E-state index in [1.54, 1.807) is 6.07 Å². The van der Waals surface area contributed by atoms with Crippen LogP contribution in [-0.2, 0) is 26.9 Å². The van der Waals surface area contributed by atoms with Gasteiger partial charge in [-0.1, -0.05) is 6.07 Å². The van der Waals surface area contributed by atoms with Gasteiger partial charge in [0.25, 0.3) is 0 Å². The molecule has 2 aromatic rings. The summed E-state index contributed by atoms with van der Waals surface area (Å²) in [7, 11) is 0. The van der Waals surface area contributed by atoms with Gasteiger partial charge < -0.3 is 20.3 Å². The third-order valence-corrected chi connectivity index (χ3v) is 7.50. The topological polar surface area (TPSA) is 116 Å². The third kappa shape index (κ3) is 5.94. The number of hydrogen-bond acceptors (Lipinski definition) is 5. The number of anilines is 2. The van der Waals surface area contributed by atoms with Gasteiger partial charge in [-0.3, -0.25) is 14.7 Å². The molecule has 204 valence electrons. The Morgan fingerprint density at radius 3 is 2.71 bits per heavy atom. The molecule has 3 N–H and O–H groups in total. The van der Waals surface area contributed by atoms with Gasteiger partial charge in [-0.15, -0.1) is 0 Å². The van der Waals surface area contributed by atoms with Crippen LogP contribution >= 0.6 is 0 Å².